The zero-order valence-electron chi connectivity index (χ0n) is 31.5. The van der Waals surface area contributed by atoms with Crippen LogP contribution in [0.15, 0.2) is 174 Å². The fraction of sp³-hybridized carbons (Fsp3) is 0. The molecule has 0 atom stereocenters. The molecule has 3 heterocycles. The zero-order chi connectivity index (χ0) is 37.4. The Labute approximate surface area is 294 Å². The molecule has 0 N–H and O–H groups in total. The van der Waals surface area contributed by atoms with E-state index in [9.17, 15) is 0 Å². The third-order valence-corrected chi connectivity index (χ3v) is 9.15. The second-order valence-electron chi connectivity index (χ2n) is 12.0. The van der Waals surface area contributed by atoms with E-state index in [0.717, 1.165) is 55.0 Å². The summed E-state index contributed by atoms with van der Waals surface area (Å²) in [7, 11) is 0. The lowest BCUT2D eigenvalue weighted by Gasteiger charge is -2.10. The smallest absolute Gasteiger partial charge is 0.167 e. The van der Waals surface area contributed by atoms with Gasteiger partial charge in [-0.2, -0.15) is 0 Å². The number of hydrogen-bond acceptors (Lipinski definition) is 4. The lowest BCUT2D eigenvalue weighted by molar-refractivity contribution is 0.669. The monoisotopic (exact) mass is 645 g/mol. The average Bonchev–Trinajstić information content (AvgIpc) is 3.79. The molecule has 10 aromatic rings. The van der Waals surface area contributed by atoms with Crippen molar-refractivity contribution in [2.45, 2.75) is 0 Å². The van der Waals surface area contributed by atoms with E-state index in [0.29, 0.717) is 34.2 Å². The molecule has 10 rings (SSSR count). The van der Waals surface area contributed by atoms with Gasteiger partial charge in [0.2, 0.25) is 0 Å². The molecular weight excluding hydrogens is 613 g/mol. The summed E-state index contributed by atoms with van der Waals surface area (Å²) in [5.74, 6) is 1.59. The van der Waals surface area contributed by atoms with Crippen molar-refractivity contribution < 1.29 is 11.3 Å². The van der Waals surface area contributed by atoms with Crippen LogP contribution in [-0.4, -0.2) is 19.5 Å². The molecule has 7 aromatic carbocycles. The maximum absolute atomic E-state index is 8.81. The van der Waals surface area contributed by atoms with Crippen molar-refractivity contribution in [2.24, 2.45) is 0 Å². The van der Waals surface area contributed by atoms with Gasteiger partial charge >= 0.3 is 0 Å². The summed E-state index contributed by atoms with van der Waals surface area (Å²) < 4.78 is 51.5. The Morgan fingerprint density at radius 1 is 0.460 bits per heavy atom. The molecule has 0 saturated heterocycles. The van der Waals surface area contributed by atoms with E-state index in [1.165, 1.54) is 0 Å². The van der Waals surface area contributed by atoms with Gasteiger partial charge in [0.05, 0.1) is 34.5 Å². The SMILES string of the molecule is [2H]c1c([2H])c([2H])c(-c2cccc3c2c2ccccc2n3-c2cccc3oc4c(-c5nc(-c6ccccc6)nc(-c6ccccc6)n5)cccc4c23)c([2H])c1[2H]. The number of benzene rings is 7. The molecule has 234 valence electrons. The predicted octanol–water partition coefficient (Wildman–Crippen LogP) is 11.5. The van der Waals surface area contributed by atoms with Crippen LogP contribution in [0.3, 0.4) is 0 Å². The average molecular weight is 646 g/mol. The van der Waals surface area contributed by atoms with Crippen molar-refractivity contribution in [1.29, 1.82) is 0 Å². The summed E-state index contributed by atoms with van der Waals surface area (Å²) in [4.78, 5) is 14.8. The maximum Gasteiger partial charge on any atom is 0.167 e. The van der Waals surface area contributed by atoms with Crippen LogP contribution in [0, 0.1) is 0 Å². The summed E-state index contributed by atoms with van der Waals surface area (Å²) in [6.07, 6.45) is 0. The first-order chi connectivity index (χ1) is 26.9. The van der Waals surface area contributed by atoms with Crippen molar-refractivity contribution in [3.8, 4) is 51.0 Å². The van der Waals surface area contributed by atoms with E-state index in [1.54, 1.807) is 0 Å². The largest absolute Gasteiger partial charge is 0.455 e. The Kier molecular flexibility index (Phi) is 5.35. The third kappa shape index (κ3) is 4.45. The second kappa shape index (κ2) is 11.4. The molecule has 5 nitrogen and oxygen atoms in total. The van der Waals surface area contributed by atoms with Gasteiger partial charge in [0, 0.05) is 27.3 Å². The fourth-order valence-corrected chi connectivity index (χ4v) is 6.99. The van der Waals surface area contributed by atoms with Crippen LogP contribution in [0.1, 0.15) is 6.85 Å². The number of aromatic nitrogens is 4. The molecule has 5 heteroatoms. The second-order valence-corrected chi connectivity index (χ2v) is 12.0. The first-order valence-electron chi connectivity index (χ1n) is 18.8. The van der Waals surface area contributed by atoms with Crippen molar-refractivity contribution in [3.05, 3.63) is 170 Å². The minimum atomic E-state index is -0.420. The van der Waals surface area contributed by atoms with Crippen LogP contribution < -0.4 is 0 Å². The summed E-state index contributed by atoms with van der Waals surface area (Å²) in [5.41, 5.74) is 7.09. The number of hydrogen-bond donors (Lipinski definition) is 0. The van der Waals surface area contributed by atoms with Gasteiger partial charge < -0.3 is 8.98 Å². The number of para-hydroxylation sites is 2. The van der Waals surface area contributed by atoms with Crippen LogP contribution >= 0.6 is 0 Å². The van der Waals surface area contributed by atoms with Gasteiger partial charge in [-0.15, -0.1) is 0 Å². The lowest BCUT2D eigenvalue weighted by atomic mass is 9.99. The molecule has 0 aliphatic rings. The molecule has 0 aliphatic carbocycles. The molecule has 0 amide bonds. The molecule has 0 radical (unpaired) electrons. The quantitative estimate of drug-likeness (QED) is 0.187. The number of nitrogens with zero attached hydrogens (tertiary/aromatic N) is 4. The Balaban J connectivity index is 1.24. The minimum Gasteiger partial charge on any atom is -0.455 e. The highest BCUT2D eigenvalue weighted by molar-refractivity contribution is 6.18. The number of rotatable bonds is 5. The molecule has 3 aromatic heterocycles. The van der Waals surface area contributed by atoms with Crippen molar-refractivity contribution in [2.75, 3.05) is 0 Å². The summed E-state index contributed by atoms with van der Waals surface area (Å²) >= 11 is 0. The van der Waals surface area contributed by atoms with E-state index in [4.69, 9.17) is 26.2 Å². The van der Waals surface area contributed by atoms with Crippen LogP contribution in [0.25, 0.3) is 94.7 Å². The van der Waals surface area contributed by atoms with E-state index in [-0.39, 0.29) is 29.7 Å². The number of furan rings is 1. The Bertz CT molecular complexity index is 3070. The van der Waals surface area contributed by atoms with Gasteiger partial charge in [-0.05, 0) is 41.5 Å². The highest BCUT2D eigenvalue weighted by Gasteiger charge is 2.22. The third-order valence-electron chi connectivity index (χ3n) is 9.15. The topological polar surface area (TPSA) is 56.7 Å². The maximum atomic E-state index is 8.81. The zero-order valence-corrected chi connectivity index (χ0v) is 26.5. The number of fused-ring (bicyclic) bond motifs is 6. The Morgan fingerprint density at radius 3 is 1.82 bits per heavy atom. The van der Waals surface area contributed by atoms with Crippen LogP contribution in [0.2, 0.25) is 0 Å². The molecule has 50 heavy (non-hydrogen) atoms. The molecule has 0 unspecified atom stereocenters. The van der Waals surface area contributed by atoms with Gasteiger partial charge in [0.25, 0.3) is 0 Å². The Morgan fingerprint density at radius 2 is 1.06 bits per heavy atom. The standard InChI is InChI=1S/C45H28N4O/c1-4-15-29(16-5-1)32-22-13-26-37-40(32)33-21-10-11-25-36(33)49(37)38-27-14-28-39-41(38)34-23-12-24-35(42(34)50-39)45-47-43(30-17-6-2-7-18-30)46-44(48-45)31-19-8-3-9-20-31/h1-28H/i1D,4D,5D,15D,16D. The molecule has 0 fully saturated rings. The summed E-state index contributed by atoms with van der Waals surface area (Å²) in [6, 6.07) is 43.7. The van der Waals surface area contributed by atoms with Crippen LogP contribution in [0.5, 0.6) is 0 Å². The van der Waals surface area contributed by atoms with Crippen molar-refractivity contribution in [3.63, 3.8) is 0 Å². The first-order valence-corrected chi connectivity index (χ1v) is 16.3. The van der Waals surface area contributed by atoms with E-state index < -0.39 is 6.04 Å². The fourth-order valence-electron chi connectivity index (χ4n) is 6.99. The van der Waals surface area contributed by atoms with Gasteiger partial charge in [-0.25, -0.2) is 15.0 Å². The molecule has 0 spiro atoms. The Hall–Kier alpha value is -6.85. The highest BCUT2D eigenvalue weighted by Crippen LogP contribution is 2.43. The van der Waals surface area contributed by atoms with Gasteiger partial charge in [0.1, 0.15) is 11.2 Å². The van der Waals surface area contributed by atoms with Gasteiger partial charge in [0.15, 0.2) is 17.5 Å². The first kappa shape index (κ1) is 23.5. The van der Waals surface area contributed by atoms with E-state index in [1.807, 2.05) is 133 Å². The lowest BCUT2D eigenvalue weighted by Crippen LogP contribution is -2.00. The summed E-state index contributed by atoms with van der Waals surface area (Å²) in [6.45, 7) is 0. The molecule has 0 bridgehead atoms. The molecule has 0 aliphatic heterocycles. The van der Waals surface area contributed by atoms with Gasteiger partial charge in [-0.1, -0.05) is 139 Å². The van der Waals surface area contributed by atoms with E-state index in [2.05, 4.69) is 10.6 Å². The van der Waals surface area contributed by atoms with Crippen molar-refractivity contribution in [1.82, 2.24) is 19.5 Å². The van der Waals surface area contributed by atoms with E-state index >= 15 is 0 Å². The predicted molar refractivity (Wildman–Crippen MR) is 203 cm³/mol. The highest BCUT2D eigenvalue weighted by atomic mass is 16.3. The van der Waals surface area contributed by atoms with Gasteiger partial charge in [-0.3, -0.25) is 0 Å². The minimum absolute atomic E-state index is 0.165. The van der Waals surface area contributed by atoms with Crippen molar-refractivity contribution >= 4 is 43.7 Å². The van der Waals surface area contributed by atoms with Crippen LogP contribution in [-0.2, 0) is 0 Å². The van der Waals surface area contributed by atoms with Crippen LogP contribution in [0.4, 0.5) is 0 Å². The molecule has 0 saturated carbocycles. The summed E-state index contributed by atoms with van der Waals surface area (Å²) in [5, 5.41) is 3.43. The normalized spacial score (nSPS) is 13.0. The molecular formula is C45H28N4O.